The minimum atomic E-state index is -0.639. The summed E-state index contributed by atoms with van der Waals surface area (Å²) in [5.74, 6) is -1.94. The van der Waals surface area contributed by atoms with Crippen molar-refractivity contribution in [2.75, 3.05) is 13.2 Å². The van der Waals surface area contributed by atoms with Gasteiger partial charge in [-0.1, -0.05) is 35.9 Å². The summed E-state index contributed by atoms with van der Waals surface area (Å²) in [7, 11) is 0. The summed E-state index contributed by atoms with van der Waals surface area (Å²) in [4.78, 5) is 38.9. The summed E-state index contributed by atoms with van der Waals surface area (Å²) in [5, 5.41) is 5.59. The van der Waals surface area contributed by atoms with E-state index in [-0.39, 0.29) is 13.2 Å². The Morgan fingerprint density at radius 3 is 2.69 bits per heavy atom. The van der Waals surface area contributed by atoms with Gasteiger partial charge in [0.05, 0.1) is 17.2 Å². The number of carbonyl (C=O) groups excluding carboxylic acids is 3. The summed E-state index contributed by atoms with van der Waals surface area (Å²) >= 11 is 0. The molecule has 0 radical (unpaired) electrons. The molecule has 0 bridgehead atoms. The molecule has 1 saturated heterocycles. The van der Waals surface area contributed by atoms with Gasteiger partial charge >= 0.3 is 12.0 Å². The second-order valence-electron chi connectivity index (χ2n) is 6.71. The number of hydrogen-bond acceptors (Lipinski definition) is 5. The van der Waals surface area contributed by atoms with Crippen LogP contribution in [0.4, 0.5) is 4.79 Å². The number of cyclic esters (lactones) is 1. The Morgan fingerprint density at radius 1 is 1.27 bits per heavy atom. The Kier molecular flexibility index (Phi) is 3.79. The third kappa shape index (κ3) is 2.39. The molecule has 0 aliphatic carbocycles. The molecule has 7 heteroatoms. The first-order valence-electron chi connectivity index (χ1n) is 8.47. The van der Waals surface area contributed by atoms with E-state index < -0.39 is 35.9 Å². The number of urea groups is 1. The lowest BCUT2D eigenvalue weighted by molar-refractivity contribution is -0.136. The van der Waals surface area contributed by atoms with E-state index in [1.165, 1.54) is 4.90 Å². The molecular formula is C19H19N3O4. The lowest BCUT2D eigenvalue weighted by Gasteiger charge is -2.46. The van der Waals surface area contributed by atoms with E-state index >= 15 is 0 Å². The van der Waals surface area contributed by atoms with E-state index in [4.69, 9.17) is 4.74 Å². The largest absolute Gasteiger partial charge is 0.456 e. The van der Waals surface area contributed by atoms with E-state index in [0.29, 0.717) is 11.3 Å². The number of fused-ring (bicyclic) bond motifs is 1. The lowest BCUT2D eigenvalue weighted by Crippen LogP contribution is -2.67. The van der Waals surface area contributed by atoms with Crippen LogP contribution in [-0.2, 0) is 14.3 Å². The van der Waals surface area contributed by atoms with E-state index in [9.17, 15) is 14.4 Å². The first-order valence-corrected chi connectivity index (χ1v) is 8.47. The van der Waals surface area contributed by atoms with Gasteiger partial charge in [-0.15, -0.1) is 6.58 Å². The Hall–Kier alpha value is -3.09. The maximum absolute atomic E-state index is 12.7. The quantitative estimate of drug-likeness (QED) is 0.629. The molecule has 7 nitrogen and oxygen atoms in total. The minimum absolute atomic E-state index is 0.123. The number of amides is 3. The highest BCUT2D eigenvalue weighted by Gasteiger charge is 2.53. The maximum Gasteiger partial charge on any atom is 0.336 e. The smallest absolute Gasteiger partial charge is 0.336 e. The van der Waals surface area contributed by atoms with Crippen molar-refractivity contribution in [2.24, 2.45) is 5.92 Å². The third-order valence-electron chi connectivity index (χ3n) is 5.12. The molecule has 2 N–H and O–H groups in total. The van der Waals surface area contributed by atoms with E-state index in [2.05, 4.69) is 17.2 Å². The number of aryl methyl sites for hydroxylation is 1. The monoisotopic (exact) mass is 353 g/mol. The van der Waals surface area contributed by atoms with Gasteiger partial charge in [-0.2, -0.15) is 0 Å². The zero-order chi connectivity index (χ0) is 18.4. The van der Waals surface area contributed by atoms with Crippen LogP contribution in [0.1, 0.15) is 17.0 Å². The number of nitrogens with one attached hydrogen (secondary N) is 2. The van der Waals surface area contributed by atoms with Crippen molar-refractivity contribution >= 4 is 17.9 Å². The summed E-state index contributed by atoms with van der Waals surface area (Å²) in [6.45, 7) is 6.07. The highest BCUT2D eigenvalue weighted by Crippen LogP contribution is 2.43. The molecule has 3 atom stereocenters. The predicted molar refractivity (Wildman–Crippen MR) is 92.8 cm³/mol. The molecule has 1 fully saturated rings. The van der Waals surface area contributed by atoms with Crippen LogP contribution in [0.2, 0.25) is 0 Å². The van der Waals surface area contributed by atoms with Crippen molar-refractivity contribution in [1.29, 1.82) is 0 Å². The molecule has 134 valence electrons. The molecule has 0 aromatic heterocycles. The van der Waals surface area contributed by atoms with Crippen molar-refractivity contribution < 1.29 is 19.1 Å². The van der Waals surface area contributed by atoms with Gasteiger partial charge in [0, 0.05) is 12.5 Å². The van der Waals surface area contributed by atoms with Crippen LogP contribution in [0, 0.1) is 12.8 Å². The van der Waals surface area contributed by atoms with Crippen molar-refractivity contribution in [3.05, 3.63) is 59.3 Å². The summed E-state index contributed by atoms with van der Waals surface area (Å²) < 4.78 is 5.21. The zero-order valence-corrected chi connectivity index (χ0v) is 14.3. The van der Waals surface area contributed by atoms with Crippen LogP contribution in [0.5, 0.6) is 0 Å². The van der Waals surface area contributed by atoms with Gasteiger partial charge in [-0.05, 0) is 12.5 Å². The Morgan fingerprint density at radius 2 is 2.00 bits per heavy atom. The molecule has 1 aromatic carbocycles. The Labute approximate surface area is 150 Å². The van der Waals surface area contributed by atoms with Gasteiger partial charge in [0.15, 0.2) is 0 Å². The Bertz CT molecular complexity index is 843. The summed E-state index contributed by atoms with van der Waals surface area (Å²) in [6, 6.07) is 7.25. The number of ether oxygens (including phenoxy) is 1. The first-order chi connectivity index (χ1) is 12.5. The van der Waals surface area contributed by atoms with Crippen molar-refractivity contribution in [3.8, 4) is 0 Å². The fourth-order valence-electron chi connectivity index (χ4n) is 3.92. The first kappa shape index (κ1) is 16.4. The lowest BCUT2D eigenvalue weighted by atomic mass is 9.74. The molecular weight excluding hydrogens is 334 g/mol. The van der Waals surface area contributed by atoms with Crippen LogP contribution < -0.4 is 10.6 Å². The molecule has 3 unspecified atom stereocenters. The second kappa shape index (κ2) is 6.01. The van der Waals surface area contributed by atoms with Crippen LogP contribution in [0.3, 0.4) is 0 Å². The second-order valence-corrected chi connectivity index (χ2v) is 6.71. The fraction of sp³-hybridized carbons (Fsp3) is 0.316. The van der Waals surface area contributed by atoms with Crippen LogP contribution in [0.15, 0.2) is 48.2 Å². The van der Waals surface area contributed by atoms with E-state index in [1.54, 1.807) is 6.08 Å². The van der Waals surface area contributed by atoms with Crippen LogP contribution in [-0.4, -0.2) is 42.1 Å². The van der Waals surface area contributed by atoms with Gasteiger partial charge in [-0.3, -0.25) is 15.0 Å². The molecule has 3 amide bonds. The molecule has 3 aliphatic rings. The molecule has 4 rings (SSSR count). The van der Waals surface area contributed by atoms with Gasteiger partial charge in [0.2, 0.25) is 5.91 Å². The number of imide groups is 1. The van der Waals surface area contributed by atoms with Crippen LogP contribution >= 0.6 is 0 Å². The highest BCUT2D eigenvalue weighted by molar-refractivity contribution is 6.02. The number of rotatable bonds is 3. The van der Waals surface area contributed by atoms with Gasteiger partial charge in [-0.25, -0.2) is 9.59 Å². The summed E-state index contributed by atoms with van der Waals surface area (Å²) in [5.41, 5.74) is 3.04. The average molecular weight is 353 g/mol. The topological polar surface area (TPSA) is 87.7 Å². The van der Waals surface area contributed by atoms with Crippen molar-refractivity contribution in [3.63, 3.8) is 0 Å². The minimum Gasteiger partial charge on any atom is -0.456 e. The normalized spacial score (nSPS) is 27.3. The molecule has 3 heterocycles. The number of carbonyl (C=O) groups is 3. The highest BCUT2D eigenvalue weighted by atomic mass is 16.5. The van der Waals surface area contributed by atoms with Gasteiger partial charge < -0.3 is 10.1 Å². The number of nitrogens with zero attached hydrogens (tertiary/aromatic N) is 1. The molecule has 0 spiro atoms. The van der Waals surface area contributed by atoms with Gasteiger partial charge in [0.25, 0.3) is 0 Å². The van der Waals surface area contributed by atoms with Crippen molar-refractivity contribution in [2.45, 2.75) is 19.0 Å². The standard InChI is InChI=1S/C19H19N3O4/c1-3-8-22-16-15(17(23)21-19(22)25)13(11-6-4-10(2)5-7-11)14-12(20-16)9-26-18(14)24/h3-7,13,15-16,20H,1,8-9H2,2H3,(H,21,23,25). The fourth-order valence-corrected chi connectivity index (χ4v) is 3.92. The number of esters is 1. The van der Waals surface area contributed by atoms with E-state index in [1.807, 2.05) is 31.2 Å². The average Bonchev–Trinajstić information content (AvgIpc) is 2.98. The van der Waals surface area contributed by atoms with Gasteiger partial charge in [0.1, 0.15) is 12.8 Å². The summed E-state index contributed by atoms with van der Waals surface area (Å²) in [6.07, 6.45) is 1.05. The van der Waals surface area contributed by atoms with Crippen LogP contribution in [0.25, 0.3) is 0 Å². The predicted octanol–water partition coefficient (Wildman–Crippen LogP) is 1.17. The Balaban J connectivity index is 1.85. The number of benzene rings is 1. The molecule has 3 aliphatic heterocycles. The van der Waals surface area contributed by atoms with Crippen molar-refractivity contribution in [1.82, 2.24) is 15.5 Å². The SMILES string of the molecule is C=CCN1C(=O)NC(=O)C2C(c3ccc(C)cc3)C3=C(COC3=O)NC21. The molecule has 0 saturated carbocycles. The third-order valence-corrected chi connectivity index (χ3v) is 5.12. The molecule has 1 aromatic rings. The van der Waals surface area contributed by atoms with E-state index in [0.717, 1.165) is 11.1 Å². The maximum atomic E-state index is 12.7. The number of hydrogen-bond donors (Lipinski definition) is 2. The zero-order valence-electron chi connectivity index (χ0n) is 14.3. The molecule has 26 heavy (non-hydrogen) atoms.